The average molecular weight is 390 g/mol. The predicted molar refractivity (Wildman–Crippen MR) is 92.4 cm³/mol. The Balaban J connectivity index is 1.66. The summed E-state index contributed by atoms with van der Waals surface area (Å²) < 4.78 is 27.7. The van der Waals surface area contributed by atoms with Gasteiger partial charge in [-0.25, -0.2) is 8.78 Å². The van der Waals surface area contributed by atoms with Gasteiger partial charge in [0, 0.05) is 15.8 Å². The minimum atomic E-state index is -0.476. The van der Waals surface area contributed by atoms with E-state index in [1.165, 1.54) is 23.9 Å². The second kappa shape index (κ2) is 8.62. The summed E-state index contributed by atoms with van der Waals surface area (Å²) in [5, 5.41) is 8.43. The van der Waals surface area contributed by atoms with Gasteiger partial charge in [-0.05, 0) is 37.8 Å². The van der Waals surface area contributed by atoms with Crippen molar-refractivity contribution in [3.63, 3.8) is 0 Å². The van der Waals surface area contributed by atoms with Crippen molar-refractivity contribution in [3.05, 3.63) is 33.8 Å². The van der Waals surface area contributed by atoms with Crippen LogP contribution >= 0.6 is 27.7 Å². The van der Waals surface area contributed by atoms with Gasteiger partial charge < -0.3 is 5.73 Å². The van der Waals surface area contributed by atoms with Gasteiger partial charge in [0.2, 0.25) is 0 Å². The highest BCUT2D eigenvalue weighted by atomic mass is 79.9. The van der Waals surface area contributed by atoms with Gasteiger partial charge in [0.1, 0.15) is 11.6 Å². The van der Waals surface area contributed by atoms with Crippen molar-refractivity contribution in [1.82, 2.24) is 0 Å². The van der Waals surface area contributed by atoms with Crippen molar-refractivity contribution in [1.29, 1.82) is 0 Å². The molecule has 0 bridgehead atoms. The van der Waals surface area contributed by atoms with Crippen LogP contribution in [0, 0.1) is 11.6 Å². The Morgan fingerprint density at radius 1 is 1.05 bits per heavy atom. The molecule has 3 nitrogen and oxygen atoms in total. The number of rotatable bonds is 7. The van der Waals surface area contributed by atoms with Crippen LogP contribution in [0.15, 0.2) is 26.8 Å². The van der Waals surface area contributed by atoms with Crippen LogP contribution in [0.25, 0.3) is 0 Å². The zero-order valence-electron chi connectivity index (χ0n) is 12.1. The van der Waals surface area contributed by atoms with E-state index < -0.39 is 11.6 Å². The fourth-order valence-corrected chi connectivity index (χ4v) is 3.27. The van der Waals surface area contributed by atoms with E-state index in [2.05, 4.69) is 26.1 Å². The molecule has 0 unspecified atom stereocenters. The standard InChI is InChI=1S/C15H18BrF2N3S/c16-10-7-13(17)12(14(18)8-10)6-4-2-1-3-5-11-9-22-15(19)21-20-11/h7-8H,1-6,9H2,(H2,19,21). The molecule has 0 aromatic heterocycles. The highest BCUT2D eigenvalue weighted by Crippen LogP contribution is 2.21. The second-order valence-corrected chi connectivity index (χ2v) is 7.07. The highest BCUT2D eigenvalue weighted by molar-refractivity contribution is 9.10. The lowest BCUT2D eigenvalue weighted by Gasteiger charge is -2.09. The Morgan fingerprint density at radius 3 is 2.27 bits per heavy atom. The molecule has 22 heavy (non-hydrogen) atoms. The number of nitrogens with zero attached hydrogens (tertiary/aromatic N) is 2. The summed E-state index contributed by atoms with van der Waals surface area (Å²) in [5.41, 5.74) is 6.76. The number of benzene rings is 1. The van der Waals surface area contributed by atoms with Crippen LogP contribution in [0.5, 0.6) is 0 Å². The number of hydrogen-bond acceptors (Lipinski definition) is 4. The van der Waals surface area contributed by atoms with Gasteiger partial charge in [0.25, 0.3) is 0 Å². The number of nitrogens with two attached hydrogens (primary N) is 1. The minimum absolute atomic E-state index is 0.182. The number of hydrogen-bond donors (Lipinski definition) is 1. The summed E-state index contributed by atoms with van der Waals surface area (Å²) in [6.07, 6.45) is 5.10. The Morgan fingerprint density at radius 2 is 1.68 bits per heavy atom. The molecule has 7 heteroatoms. The Bertz CT molecular complexity index is 567. The van der Waals surface area contributed by atoms with Gasteiger partial charge in [0.05, 0.1) is 5.71 Å². The molecule has 2 rings (SSSR count). The lowest BCUT2D eigenvalue weighted by molar-refractivity contribution is 0.541. The Labute approximate surface area is 141 Å². The summed E-state index contributed by atoms with van der Waals surface area (Å²) in [7, 11) is 0. The number of thioether (sulfide) groups is 1. The minimum Gasteiger partial charge on any atom is -0.377 e. The van der Waals surface area contributed by atoms with Crippen molar-refractivity contribution < 1.29 is 8.78 Å². The fourth-order valence-electron chi connectivity index (χ4n) is 2.25. The first-order valence-electron chi connectivity index (χ1n) is 7.21. The molecule has 0 radical (unpaired) electrons. The summed E-state index contributed by atoms with van der Waals surface area (Å²) in [5.74, 6) is -0.142. The zero-order valence-corrected chi connectivity index (χ0v) is 14.5. The lowest BCUT2D eigenvalue weighted by Crippen LogP contribution is -2.15. The average Bonchev–Trinajstić information content (AvgIpc) is 2.46. The first-order valence-corrected chi connectivity index (χ1v) is 8.99. The molecule has 0 saturated carbocycles. The predicted octanol–water partition coefficient (Wildman–Crippen LogP) is 4.64. The first-order chi connectivity index (χ1) is 10.6. The molecule has 0 atom stereocenters. The van der Waals surface area contributed by atoms with Crippen molar-refractivity contribution in [2.45, 2.75) is 38.5 Å². The molecule has 0 fully saturated rings. The van der Waals surface area contributed by atoms with E-state index in [1.54, 1.807) is 0 Å². The van der Waals surface area contributed by atoms with E-state index in [0.717, 1.165) is 43.6 Å². The van der Waals surface area contributed by atoms with Crippen LogP contribution in [0.2, 0.25) is 0 Å². The van der Waals surface area contributed by atoms with E-state index in [1.807, 2.05) is 0 Å². The van der Waals surface area contributed by atoms with Crippen LogP contribution in [-0.2, 0) is 6.42 Å². The van der Waals surface area contributed by atoms with Crippen LogP contribution in [-0.4, -0.2) is 16.6 Å². The number of amidine groups is 1. The van der Waals surface area contributed by atoms with Crippen molar-refractivity contribution in [2.75, 3.05) is 5.75 Å². The molecular formula is C15H18BrF2N3S. The van der Waals surface area contributed by atoms with Gasteiger partial charge >= 0.3 is 0 Å². The second-order valence-electron chi connectivity index (χ2n) is 5.16. The number of halogens is 3. The molecule has 1 aromatic carbocycles. The maximum Gasteiger partial charge on any atom is 0.180 e. The molecule has 120 valence electrons. The molecule has 1 aliphatic rings. The summed E-state index contributed by atoms with van der Waals surface area (Å²) in [6.45, 7) is 0. The Kier molecular flexibility index (Phi) is 6.82. The van der Waals surface area contributed by atoms with Gasteiger partial charge in [-0.3, -0.25) is 0 Å². The summed E-state index contributed by atoms with van der Waals surface area (Å²) in [4.78, 5) is 0. The van der Waals surface area contributed by atoms with E-state index in [9.17, 15) is 8.78 Å². The van der Waals surface area contributed by atoms with Gasteiger partial charge in [-0.1, -0.05) is 40.5 Å². The third kappa shape index (κ3) is 5.35. The fraction of sp³-hybridized carbons (Fsp3) is 0.467. The van der Waals surface area contributed by atoms with Gasteiger partial charge in [0.15, 0.2) is 5.17 Å². The normalized spacial score (nSPS) is 14.7. The van der Waals surface area contributed by atoms with Crippen LogP contribution in [0.4, 0.5) is 8.78 Å². The topological polar surface area (TPSA) is 50.7 Å². The van der Waals surface area contributed by atoms with Crippen molar-refractivity contribution >= 4 is 38.6 Å². The smallest absolute Gasteiger partial charge is 0.180 e. The highest BCUT2D eigenvalue weighted by Gasteiger charge is 2.10. The summed E-state index contributed by atoms with van der Waals surface area (Å²) >= 11 is 4.59. The van der Waals surface area contributed by atoms with Crippen molar-refractivity contribution in [2.24, 2.45) is 15.9 Å². The molecule has 1 heterocycles. The monoisotopic (exact) mass is 389 g/mol. The number of unbranched alkanes of at least 4 members (excludes halogenated alkanes) is 3. The van der Waals surface area contributed by atoms with Crippen LogP contribution in [0.1, 0.15) is 37.7 Å². The molecule has 0 amide bonds. The van der Waals surface area contributed by atoms with Crippen LogP contribution < -0.4 is 5.73 Å². The zero-order chi connectivity index (χ0) is 15.9. The van der Waals surface area contributed by atoms with Crippen LogP contribution in [0.3, 0.4) is 0 Å². The largest absolute Gasteiger partial charge is 0.377 e. The maximum absolute atomic E-state index is 13.7. The molecule has 1 aliphatic heterocycles. The van der Waals surface area contributed by atoms with Crippen molar-refractivity contribution in [3.8, 4) is 0 Å². The van der Waals surface area contributed by atoms with E-state index in [0.29, 0.717) is 16.1 Å². The lowest BCUT2D eigenvalue weighted by atomic mass is 10.0. The van der Waals surface area contributed by atoms with Gasteiger partial charge in [-0.15, -0.1) is 5.10 Å². The molecule has 0 saturated heterocycles. The van der Waals surface area contributed by atoms with Gasteiger partial charge in [-0.2, -0.15) is 5.10 Å². The van der Waals surface area contributed by atoms with E-state index >= 15 is 0 Å². The van der Waals surface area contributed by atoms with E-state index in [4.69, 9.17) is 5.73 Å². The molecule has 0 aliphatic carbocycles. The molecule has 1 aromatic rings. The van der Waals surface area contributed by atoms with E-state index in [-0.39, 0.29) is 5.56 Å². The third-order valence-corrected chi connectivity index (χ3v) is 4.74. The maximum atomic E-state index is 13.7. The summed E-state index contributed by atoms with van der Waals surface area (Å²) in [6, 6.07) is 2.62. The first kappa shape index (κ1) is 17.4. The third-order valence-electron chi connectivity index (χ3n) is 3.42. The quantitative estimate of drug-likeness (QED) is 0.690. The molecule has 0 spiro atoms. The molecule has 2 N–H and O–H groups in total. The SMILES string of the molecule is NC1=NN=C(CCCCCCc2c(F)cc(Br)cc2F)CS1. The Hall–Kier alpha value is -0.950. The molecular weight excluding hydrogens is 372 g/mol.